The molecule has 0 atom stereocenters. The van der Waals surface area contributed by atoms with Gasteiger partial charge in [0.15, 0.2) is 17.5 Å². The molecule has 242 valence electrons. The van der Waals surface area contributed by atoms with Crippen LogP contribution in [0.15, 0.2) is 173 Å². The molecule has 0 radical (unpaired) electrons. The fraction of sp³-hybridized carbons (Fsp3) is 0. The minimum absolute atomic E-state index is 0.576. The van der Waals surface area contributed by atoms with Gasteiger partial charge in [0.25, 0.3) is 0 Å². The van der Waals surface area contributed by atoms with E-state index in [4.69, 9.17) is 23.8 Å². The summed E-state index contributed by atoms with van der Waals surface area (Å²) in [6.45, 7) is 0. The van der Waals surface area contributed by atoms with E-state index in [2.05, 4.69) is 115 Å². The SMILES string of the molecule is c1ccc(-c2nc(-c3ccc4ccccc4c3)nc(-c3c(-c4ccc5oc6ccc7ccccc7c6c5c4)ccc4oc5ccccc5c34)n2)cc1. The van der Waals surface area contributed by atoms with Gasteiger partial charge in [0.1, 0.15) is 22.3 Å². The number of fused-ring (bicyclic) bond motifs is 9. The molecule has 8 aromatic carbocycles. The fourth-order valence-electron chi connectivity index (χ4n) is 7.67. The molecule has 11 aromatic rings. The summed E-state index contributed by atoms with van der Waals surface area (Å²) in [5.41, 5.74) is 8.04. The van der Waals surface area contributed by atoms with Gasteiger partial charge in [-0.2, -0.15) is 0 Å². The molecule has 0 amide bonds. The number of hydrogen-bond acceptors (Lipinski definition) is 5. The van der Waals surface area contributed by atoms with Crippen LogP contribution in [-0.4, -0.2) is 15.0 Å². The zero-order valence-electron chi connectivity index (χ0n) is 27.7. The highest BCUT2D eigenvalue weighted by Crippen LogP contribution is 2.44. The molecule has 5 nitrogen and oxygen atoms in total. The lowest BCUT2D eigenvalue weighted by atomic mass is 9.93. The van der Waals surface area contributed by atoms with Gasteiger partial charge in [0.05, 0.1) is 0 Å². The molecule has 5 heteroatoms. The van der Waals surface area contributed by atoms with Crippen LogP contribution in [0.2, 0.25) is 0 Å². The molecule has 52 heavy (non-hydrogen) atoms. The Morgan fingerprint density at radius 3 is 1.79 bits per heavy atom. The van der Waals surface area contributed by atoms with Gasteiger partial charge < -0.3 is 8.83 Å². The third kappa shape index (κ3) is 4.46. The third-order valence-electron chi connectivity index (χ3n) is 10.1. The molecule has 11 rings (SSSR count). The number of benzene rings is 8. The smallest absolute Gasteiger partial charge is 0.165 e. The normalized spacial score (nSPS) is 11.8. The molecule has 0 spiro atoms. The Morgan fingerprint density at radius 2 is 0.923 bits per heavy atom. The van der Waals surface area contributed by atoms with Gasteiger partial charge >= 0.3 is 0 Å². The first-order valence-corrected chi connectivity index (χ1v) is 17.3. The summed E-state index contributed by atoms with van der Waals surface area (Å²) < 4.78 is 12.9. The van der Waals surface area contributed by atoms with E-state index in [9.17, 15) is 0 Å². The monoisotopic (exact) mass is 665 g/mol. The fourth-order valence-corrected chi connectivity index (χ4v) is 7.67. The summed E-state index contributed by atoms with van der Waals surface area (Å²) >= 11 is 0. The van der Waals surface area contributed by atoms with E-state index >= 15 is 0 Å². The first kappa shape index (κ1) is 28.7. The molecule has 0 aliphatic heterocycles. The number of aromatic nitrogens is 3. The molecular weight excluding hydrogens is 639 g/mol. The zero-order valence-corrected chi connectivity index (χ0v) is 27.7. The zero-order chi connectivity index (χ0) is 34.2. The highest BCUT2D eigenvalue weighted by atomic mass is 16.3. The van der Waals surface area contributed by atoms with Crippen molar-refractivity contribution >= 4 is 65.4 Å². The Bertz CT molecular complexity index is 3190. The Kier molecular flexibility index (Phi) is 6.18. The molecule has 0 fully saturated rings. The van der Waals surface area contributed by atoms with Crippen molar-refractivity contribution in [2.75, 3.05) is 0 Å². The van der Waals surface area contributed by atoms with Crippen molar-refractivity contribution in [3.05, 3.63) is 164 Å². The number of nitrogens with zero attached hydrogens (tertiary/aromatic N) is 3. The standard InChI is InChI=1S/C47H27N3O2/c1-2-12-30(13-3-1)45-48-46(33-19-18-28-10-4-5-14-31(28)26-33)50-47(49-45)44-35(22-25-41-43(44)36-16-8-9-17-38(36)51-41)32-21-23-39-37(27-32)42-34-15-7-6-11-29(34)20-24-40(42)52-39/h1-27H. The largest absolute Gasteiger partial charge is 0.456 e. The molecule has 0 N–H and O–H groups in total. The van der Waals surface area contributed by atoms with Crippen LogP contribution in [0.1, 0.15) is 0 Å². The molecule has 0 aliphatic carbocycles. The quantitative estimate of drug-likeness (QED) is 0.187. The molecule has 3 aromatic heterocycles. The lowest BCUT2D eigenvalue weighted by Crippen LogP contribution is -2.01. The minimum Gasteiger partial charge on any atom is -0.456 e. The maximum atomic E-state index is 6.46. The van der Waals surface area contributed by atoms with E-state index in [0.717, 1.165) is 87.9 Å². The maximum absolute atomic E-state index is 6.46. The van der Waals surface area contributed by atoms with Crippen LogP contribution in [0.4, 0.5) is 0 Å². The van der Waals surface area contributed by atoms with Gasteiger partial charge in [-0.3, -0.25) is 0 Å². The summed E-state index contributed by atoms with van der Waals surface area (Å²) in [7, 11) is 0. The molecule has 0 aliphatic rings. The number of hydrogen-bond donors (Lipinski definition) is 0. The van der Waals surface area contributed by atoms with Crippen LogP contribution >= 0.6 is 0 Å². The van der Waals surface area contributed by atoms with Crippen LogP contribution in [0.3, 0.4) is 0 Å². The lowest BCUT2D eigenvalue weighted by Gasteiger charge is -2.14. The van der Waals surface area contributed by atoms with E-state index in [1.54, 1.807) is 0 Å². The number of para-hydroxylation sites is 1. The number of rotatable bonds is 4. The van der Waals surface area contributed by atoms with Crippen LogP contribution in [-0.2, 0) is 0 Å². The van der Waals surface area contributed by atoms with Crippen LogP contribution < -0.4 is 0 Å². The molecule has 0 unspecified atom stereocenters. The van der Waals surface area contributed by atoms with Gasteiger partial charge in [-0.25, -0.2) is 15.0 Å². The first-order valence-electron chi connectivity index (χ1n) is 17.3. The summed E-state index contributed by atoms with van der Waals surface area (Å²) in [6.07, 6.45) is 0. The first-order chi connectivity index (χ1) is 25.7. The van der Waals surface area contributed by atoms with Gasteiger partial charge in [0, 0.05) is 38.2 Å². The van der Waals surface area contributed by atoms with E-state index in [0.29, 0.717) is 17.5 Å². The average Bonchev–Trinajstić information content (AvgIpc) is 3.79. The van der Waals surface area contributed by atoms with Crippen LogP contribution in [0, 0.1) is 0 Å². The maximum Gasteiger partial charge on any atom is 0.165 e. The van der Waals surface area contributed by atoms with Crippen molar-refractivity contribution < 1.29 is 8.83 Å². The van der Waals surface area contributed by atoms with Crippen molar-refractivity contribution in [2.24, 2.45) is 0 Å². The van der Waals surface area contributed by atoms with E-state index in [-0.39, 0.29) is 0 Å². The summed E-state index contributed by atoms with van der Waals surface area (Å²) in [5, 5.41) is 8.76. The molecular formula is C47H27N3O2. The van der Waals surface area contributed by atoms with E-state index in [1.165, 1.54) is 5.39 Å². The van der Waals surface area contributed by atoms with Crippen molar-refractivity contribution in [1.29, 1.82) is 0 Å². The summed E-state index contributed by atoms with van der Waals surface area (Å²) in [6, 6.07) is 56.3. The second kappa shape index (κ2) is 11.2. The predicted octanol–water partition coefficient (Wildman–Crippen LogP) is 12.6. The van der Waals surface area contributed by atoms with Crippen molar-refractivity contribution in [3.8, 4) is 45.3 Å². The average molecular weight is 666 g/mol. The highest BCUT2D eigenvalue weighted by Gasteiger charge is 2.23. The lowest BCUT2D eigenvalue weighted by molar-refractivity contribution is 0.668. The minimum atomic E-state index is 0.576. The Balaban J connectivity index is 1.23. The van der Waals surface area contributed by atoms with Gasteiger partial charge in [-0.15, -0.1) is 0 Å². The topological polar surface area (TPSA) is 65.0 Å². The predicted molar refractivity (Wildman–Crippen MR) is 211 cm³/mol. The van der Waals surface area contributed by atoms with Gasteiger partial charge in [-0.05, 0) is 75.1 Å². The molecule has 0 saturated carbocycles. The third-order valence-corrected chi connectivity index (χ3v) is 10.1. The van der Waals surface area contributed by atoms with Crippen LogP contribution in [0.25, 0.3) is 111 Å². The summed E-state index contributed by atoms with van der Waals surface area (Å²) in [4.78, 5) is 15.6. The second-order valence-corrected chi connectivity index (χ2v) is 13.2. The van der Waals surface area contributed by atoms with Gasteiger partial charge in [0.2, 0.25) is 0 Å². The van der Waals surface area contributed by atoms with Crippen molar-refractivity contribution in [2.45, 2.75) is 0 Å². The highest BCUT2D eigenvalue weighted by molar-refractivity contribution is 6.20. The summed E-state index contributed by atoms with van der Waals surface area (Å²) in [5.74, 6) is 1.78. The van der Waals surface area contributed by atoms with Crippen molar-refractivity contribution in [1.82, 2.24) is 15.0 Å². The van der Waals surface area contributed by atoms with E-state index in [1.807, 2.05) is 48.5 Å². The Morgan fingerprint density at radius 1 is 0.327 bits per heavy atom. The van der Waals surface area contributed by atoms with Crippen molar-refractivity contribution in [3.63, 3.8) is 0 Å². The van der Waals surface area contributed by atoms with Crippen LogP contribution in [0.5, 0.6) is 0 Å². The molecule has 0 saturated heterocycles. The van der Waals surface area contributed by atoms with Gasteiger partial charge in [-0.1, -0.05) is 121 Å². The van der Waals surface area contributed by atoms with E-state index < -0.39 is 0 Å². The molecule has 0 bridgehead atoms. The second-order valence-electron chi connectivity index (χ2n) is 13.2. The number of furan rings is 2. The Labute approximate surface area is 297 Å². The Hall–Kier alpha value is -7.11. The molecule has 3 heterocycles.